The first-order valence-corrected chi connectivity index (χ1v) is 11.1. The summed E-state index contributed by atoms with van der Waals surface area (Å²) in [5, 5.41) is 3.66. The lowest BCUT2D eigenvalue weighted by atomic mass is 9.97. The molecular weight excluding hydrogens is 390 g/mol. The van der Waals surface area contributed by atoms with Gasteiger partial charge in [-0.15, -0.1) is 0 Å². The van der Waals surface area contributed by atoms with Crippen LogP contribution in [0.4, 0.5) is 0 Å². The number of benzene rings is 1. The van der Waals surface area contributed by atoms with E-state index in [0.717, 1.165) is 12.0 Å². The molecule has 2 aliphatic rings. The summed E-state index contributed by atoms with van der Waals surface area (Å²) in [6.07, 6.45) is 1.85. The molecule has 7 nitrogen and oxygen atoms in total. The highest BCUT2D eigenvalue weighted by atomic mass is 35.5. The fourth-order valence-electron chi connectivity index (χ4n) is 3.41. The van der Waals surface area contributed by atoms with Crippen LogP contribution in [-0.4, -0.2) is 68.9 Å². The molecule has 2 saturated heterocycles. The van der Waals surface area contributed by atoms with Crippen molar-refractivity contribution in [2.45, 2.75) is 19.3 Å². The van der Waals surface area contributed by atoms with E-state index >= 15 is 0 Å². The van der Waals surface area contributed by atoms with Crippen LogP contribution in [0.2, 0.25) is 5.02 Å². The lowest BCUT2D eigenvalue weighted by molar-refractivity contribution is -0.126. The third-order valence-electron chi connectivity index (χ3n) is 5.07. The van der Waals surface area contributed by atoms with E-state index in [1.807, 2.05) is 24.3 Å². The number of ether oxygens (including phenoxy) is 1. The van der Waals surface area contributed by atoms with E-state index in [1.54, 1.807) is 0 Å². The van der Waals surface area contributed by atoms with Gasteiger partial charge in [-0.1, -0.05) is 23.7 Å². The molecule has 1 N–H and O–H groups in total. The van der Waals surface area contributed by atoms with Gasteiger partial charge in [-0.25, -0.2) is 0 Å². The number of hydrogen-bond donors (Lipinski definition) is 1. The number of amides is 1. The summed E-state index contributed by atoms with van der Waals surface area (Å²) in [6.45, 7) is 3.00. The maximum atomic E-state index is 12.7. The van der Waals surface area contributed by atoms with Crippen molar-refractivity contribution >= 4 is 27.7 Å². The Morgan fingerprint density at radius 3 is 2.30 bits per heavy atom. The van der Waals surface area contributed by atoms with Crippen LogP contribution in [-0.2, 0) is 26.2 Å². The van der Waals surface area contributed by atoms with Crippen molar-refractivity contribution in [3.05, 3.63) is 34.9 Å². The van der Waals surface area contributed by atoms with Gasteiger partial charge < -0.3 is 10.1 Å². The van der Waals surface area contributed by atoms with Crippen LogP contribution in [0.3, 0.4) is 0 Å². The molecule has 1 aromatic rings. The number of rotatable bonds is 6. The van der Waals surface area contributed by atoms with E-state index in [4.69, 9.17) is 16.3 Å². The Labute approximate surface area is 165 Å². The number of piperidine rings is 1. The van der Waals surface area contributed by atoms with Crippen LogP contribution in [0.5, 0.6) is 0 Å². The summed E-state index contributed by atoms with van der Waals surface area (Å²) in [4.78, 5) is 12.4. The highest BCUT2D eigenvalue weighted by Crippen LogP contribution is 2.22. The van der Waals surface area contributed by atoms with E-state index in [0.29, 0.717) is 63.8 Å². The number of morpholine rings is 1. The third kappa shape index (κ3) is 5.42. The van der Waals surface area contributed by atoms with Crippen LogP contribution in [0.15, 0.2) is 24.3 Å². The Bertz CT molecular complexity index is 727. The van der Waals surface area contributed by atoms with E-state index in [-0.39, 0.29) is 11.8 Å². The molecule has 2 aliphatic heterocycles. The van der Waals surface area contributed by atoms with Crippen molar-refractivity contribution in [1.82, 2.24) is 13.9 Å². The van der Waals surface area contributed by atoms with Gasteiger partial charge in [-0.3, -0.25) is 4.79 Å². The SMILES string of the molecule is O=C(NCCc1ccc(Cl)cc1)C1CCN(S(=O)(=O)N2CCOCC2)CC1. The second-order valence-corrected chi connectivity index (χ2v) is 9.22. The molecule has 0 aromatic heterocycles. The Kier molecular flexibility index (Phi) is 7.10. The Morgan fingerprint density at radius 1 is 1.07 bits per heavy atom. The van der Waals surface area contributed by atoms with Crippen molar-refractivity contribution in [2.24, 2.45) is 5.92 Å². The van der Waals surface area contributed by atoms with Crippen molar-refractivity contribution in [2.75, 3.05) is 45.9 Å². The molecule has 2 heterocycles. The van der Waals surface area contributed by atoms with Crippen LogP contribution in [0, 0.1) is 5.92 Å². The average Bonchev–Trinajstić information content (AvgIpc) is 2.70. The average molecular weight is 416 g/mol. The molecule has 2 fully saturated rings. The highest BCUT2D eigenvalue weighted by molar-refractivity contribution is 7.86. The lowest BCUT2D eigenvalue weighted by Crippen LogP contribution is -2.51. The van der Waals surface area contributed by atoms with E-state index in [2.05, 4.69) is 5.32 Å². The first-order valence-electron chi connectivity index (χ1n) is 9.32. The first kappa shape index (κ1) is 20.5. The molecule has 1 aromatic carbocycles. The van der Waals surface area contributed by atoms with Gasteiger partial charge in [0.2, 0.25) is 5.91 Å². The zero-order valence-electron chi connectivity index (χ0n) is 15.3. The Balaban J connectivity index is 1.42. The number of carbonyl (C=O) groups excluding carboxylic acids is 1. The van der Waals surface area contributed by atoms with Crippen molar-refractivity contribution < 1.29 is 17.9 Å². The number of hydrogen-bond acceptors (Lipinski definition) is 4. The van der Waals surface area contributed by atoms with Gasteiger partial charge in [0.15, 0.2) is 0 Å². The van der Waals surface area contributed by atoms with Gasteiger partial charge in [0.25, 0.3) is 10.2 Å². The van der Waals surface area contributed by atoms with Gasteiger partial charge in [0.05, 0.1) is 13.2 Å². The minimum absolute atomic E-state index is 0.00684. The van der Waals surface area contributed by atoms with Crippen molar-refractivity contribution in [3.8, 4) is 0 Å². The molecule has 0 saturated carbocycles. The minimum Gasteiger partial charge on any atom is -0.379 e. The maximum absolute atomic E-state index is 12.7. The lowest BCUT2D eigenvalue weighted by Gasteiger charge is -2.35. The fraction of sp³-hybridized carbons (Fsp3) is 0.611. The summed E-state index contributed by atoms with van der Waals surface area (Å²) in [6, 6.07) is 7.57. The standard InChI is InChI=1S/C18H26ClN3O4S/c19-17-3-1-15(2-4-17)5-8-20-18(23)16-6-9-21(10-7-16)27(24,25)22-11-13-26-14-12-22/h1-4,16H,5-14H2,(H,20,23). The predicted molar refractivity (Wildman–Crippen MR) is 104 cm³/mol. The zero-order valence-corrected chi connectivity index (χ0v) is 16.8. The smallest absolute Gasteiger partial charge is 0.282 e. The minimum atomic E-state index is -3.45. The molecule has 3 rings (SSSR count). The zero-order chi connectivity index (χ0) is 19.3. The molecular formula is C18H26ClN3O4S. The summed E-state index contributed by atoms with van der Waals surface area (Å²) in [7, 11) is -3.45. The monoisotopic (exact) mass is 415 g/mol. The largest absolute Gasteiger partial charge is 0.379 e. The number of nitrogens with one attached hydrogen (secondary N) is 1. The van der Waals surface area contributed by atoms with Crippen molar-refractivity contribution in [3.63, 3.8) is 0 Å². The first-order chi connectivity index (χ1) is 13.0. The van der Waals surface area contributed by atoms with Gasteiger partial charge >= 0.3 is 0 Å². The molecule has 0 radical (unpaired) electrons. The van der Waals surface area contributed by atoms with Crippen LogP contribution >= 0.6 is 11.6 Å². The molecule has 0 spiro atoms. The topological polar surface area (TPSA) is 79.0 Å². The maximum Gasteiger partial charge on any atom is 0.282 e. The van der Waals surface area contributed by atoms with Gasteiger partial charge in [-0.05, 0) is 37.0 Å². The van der Waals surface area contributed by atoms with E-state index in [9.17, 15) is 13.2 Å². The third-order valence-corrected chi connectivity index (χ3v) is 7.36. The van der Waals surface area contributed by atoms with Gasteiger partial charge in [0.1, 0.15) is 0 Å². The highest BCUT2D eigenvalue weighted by Gasteiger charge is 2.35. The van der Waals surface area contributed by atoms with E-state index < -0.39 is 10.2 Å². The molecule has 150 valence electrons. The van der Waals surface area contributed by atoms with Crippen molar-refractivity contribution in [1.29, 1.82) is 0 Å². The summed E-state index contributed by atoms with van der Waals surface area (Å²) >= 11 is 5.87. The second-order valence-electron chi connectivity index (χ2n) is 6.86. The Morgan fingerprint density at radius 2 is 1.67 bits per heavy atom. The number of nitrogens with zero attached hydrogens (tertiary/aromatic N) is 2. The molecule has 0 bridgehead atoms. The predicted octanol–water partition coefficient (Wildman–Crippen LogP) is 1.29. The molecule has 27 heavy (non-hydrogen) atoms. The summed E-state index contributed by atoms with van der Waals surface area (Å²) in [5.74, 6) is -0.126. The molecule has 0 atom stereocenters. The Hall–Kier alpha value is -1.19. The number of carbonyl (C=O) groups is 1. The second kappa shape index (κ2) is 9.34. The summed E-state index contributed by atoms with van der Waals surface area (Å²) in [5.41, 5.74) is 1.12. The normalized spacial score (nSPS) is 20.5. The fourth-order valence-corrected chi connectivity index (χ4v) is 5.15. The van der Waals surface area contributed by atoms with E-state index in [1.165, 1.54) is 8.61 Å². The molecule has 1 amide bonds. The summed E-state index contributed by atoms with van der Waals surface area (Å²) < 4.78 is 33.5. The van der Waals surface area contributed by atoms with Crippen LogP contribution in [0.25, 0.3) is 0 Å². The quantitative estimate of drug-likeness (QED) is 0.759. The van der Waals surface area contributed by atoms with Crippen LogP contribution in [0.1, 0.15) is 18.4 Å². The molecule has 0 unspecified atom stereocenters. The number of halogens is 1. The molecule has 0 aliphatic carbocycles. The van der Waals surface area contributed by atoms with Gasteiger partial charge in [-0.2, -0.15) is 17.0 Å². The molecule has 9 heteroatoms. The van der Waals surface area contributed by atoms with Crippen LogP contribution < -0.4 is 5.32 Å². The van der Waals surface area contributed by atoms with Gasteiger partial charge in [0, 0.05) is 43.7 Å².